The lowest BCUT2D eigenvalue weighted by molar-refractivity contribution is 0.262. The van der Waals surface area contributed by atoms with Crippen molar-refractivity contribution in [1.29, 1.82) is 0 Å². The lowest BCUT2D eigenvalue weighted by Gasteiger charge is -2.12. The van der Waals surface area contributed by atoms with Crippen LogP contribution in [-0.4, -0.2) is 6.03 Å². The molecule has 0 bridgehead atoms. The van der Waals surface area contributed by atoms with E-state index >= 15 is 0 Å². The zero-order chi connectivity index (χ0) is 16.9. The first-order valence-electron chi connectivity index (χ1n) is 8.33. The van der Waals surface area contributed by atoms with Gasteiger partial charge in [0.15, 0.2) is 0 Å². The van der Waals surface area contributed by atoms with Gasteiger partial charge in [-0.3, -0.25) is 0 Å². The fourth-order valence-electron chi connectivity index (χ4n) is 2.75. The summed E-state index contributed by atoms with van der Waals surface area (Å²) < 4.78 is 0. The summed E-state index contributed by atoms with van der Waals surface area (Å²) in [5.41, 5.74) is 2.89. The van der Waals surface area contributed by atoms with Crippen molar-refractivity contribution in [2.24, 2.45) is 0 Å². The highest BCUT2D eigenvalue weighted by atomic mass is 16.2. The molecule has 3 heteroatoms. The highest BCUT2D eigenvalue weighted by molar-refractivity contribution is 6.06. The molecule has 0 aliphatic rings. The van der Waals surface area contributed by atoms with Gasteiger partial charge in [0.2, 0.25) is 0 Å². The van der Waals surface area contributed by atoms with Crippen LogP contribution in [0.25, 0.3) is 10.8 Å². The zero-order valence-electron chi connectivity index (χ0n) is 14.0. The summed E-state index contributed by atoms with van der Waals surface area (Å²) in [7, 11) is 0. The molecule has 0 saturated heterocycles. The average molecular weight is 318 g/mol. The van der Waals surface area contributed by atoms with Crippen LogP contribution in [-0.2, 0) is 0 Å². The van der Waals surface area contributed by atoms with Crippen LogP contribution in [0.4, 0.5) is 16.2 Å². The van der Waals surface area contributed by atoms with Gasteiger partial charge in [-0.05, 0) is 41.5 Å². The Balaban J connectivity index is 1.71. The van der Waals surface area contributed by atoms with Crippen molar-refractivity contribution in [3.63, 3.8) is 0 Å². The summed E-state index contributed by atoms with van der Waals surface area (Å²) in [4.78, 5) is 12.3. The van der Waals surface area contributed by atoms with E-state index in [9.17, 15) is 4.79 Å². The number of hydrogen-bond donors (Lipinski definition) is 2. The molecule has 3 nitrogen and oxygen atoms in total. The molecule has 2 N–H and O–H groups in total. The number of rotatable bonds is 4. The van der Waals surface area contributed by atoms with Crippen molar-refractivity contribution in [2.75, 3.05) is 10.6 Å². The van der Waals surface area contributed by atoms with E-state index in [1.54, 1.807) is 0 Å². The van der Waals surface area contributed by atoms with Crippen LogP contribution in [0.2, 0.25) is 0 Å². The van der Waals surface area contributed by atoms with E-state index in [1.807, 2.05) is 54.6 Å². The van der Waals surface area contributed by atoms with Gasteiger partial charge in [-0.25, -0.2) is 4.79 Å². The van der Waals surface area contributed by atoms with Crippen LogP contribution >= 0.6 is 0 Å². The number of amides is 2. The van der Waals surface area contributed by atoms with Crippen molar-refractivity contribution in [2.45, 2.75) is 26.2 Å². The Morgan fingerprint density at radius 3 is 2.38 bits per heavy atom. The van der Waals surface area contributed by atoms with E-state index < -0.39 is 0 Å². The van der Waals surface area contributed by atoms with Crippen LogP contribution < -0.4 is 10.6 Å². The van der Waals surface area contributed by atoms with Crippen LogP contribution in [0.5, 0.6) is 0 Å². The average Bonchev–Trinajstić information content (AvgIpc) is 2.62. The number of urea groups is 1. The quantitative estimate of drug-likeness (QED) is 0.609. The number of carbonyl (C=O) groups excluding carboxylic acids is 1. The zero-order valence-corrected chi connectivity index (χ0v) is 14.0. The molecule has 0 saturated carbocycles. The second-order valence-corrected chi connectivity index (χ2v) is 6.04. The third-order valence-electron chi connectivity index (χ3n) is 4.39. The smallest absolute Gasteiger partial charge is 0.308 e. The maximum Gasteiger partial charge on any atom is 0.323 e. The van der Waals surface area contributed by atoms with Crippen molar-refractivity contribution in [1.82, 2.24) is 0 Å². The molecule has 24 heavy (non-hydrogen) atoms. The van der Waals surface area contributed by atoms with Crippen LogP contribution in [0.15, 0.2) is 66.7 Å². The summed E-state index contributed by atoms with van der Waals surface area (Å²) in [6.07, 6.45) is 1.11. The summed E-state index contributed by atoms with van der Waals surface area (Å²) in [6, 6.07) is 21.7. The fourth-order valence-corrected chi connectivity index (χ4v) is 2.75. The third kappa shape index (κ3) is 3.57. The summed E-state index contributed by atoms with van der Waals surface area (Å²) in [6.45, 7) is 4.38. The molecule has 0 spiro atoms. The number of carbonyl (C=O) groups is 1. The van der Waals surface area contributed by atoms with Crippen molar-refractivity contribution >= 4 is 28.2 Å². The third-order valence-corrected chi connectivity index (χ3v) is 4.39. The molecule has 2 amide bonds. The topological polar surface area (TPSA) is 41.1 Å². The summed E-state index contributed by atoms with van der Waals surface area (Å²) >= 11 is 0. The van der Waals surface area contributed by atoms with Crippen molar-refractivity contribution < 1.29 is 4.79 Å². The largest absolute Gasteiger partial charge is 0.323 e. The molecule has 3 aromatic rings. The molecule has 0 fully saturated rings. The molecular formula is C21H22N2O. The minimum atomic E-state index is -0.234. The lowest BCUT2D eigenvalue weighted by atomic mass is 9.99. The van der Waals surface area contributed by atoms with Gasteiger partial charge in [0, 0.05) is 11.1 Å². The number of nitrogens with one attached hydrogen (secondary N) is 2. The molecule has 0 radical (unpaired) electrons. The van der Waals surface area contributed by atoms with E-state index in [1.165, 1.54) is 5.56 Å². The van der Waals surface area contributed by atoms with E-state index in [0.29, 0.717) is 5.92 Å². The number of fused-ring (bicyclic) bond motifs is 1. The first-order valence-corrected chi connectivity index (χ1v) is 8.33. The SMILES string of the molecule is CCC(C)c1ccc(NC(=O)Nc2cccc3ccccc23)cc1. The highest BCUT2D eigenvalue weighted by Crippen LogP contribution is 2.24. The molecule has 0 aliphatic heterocycles. The van der Waals surface area contributed by atoms with Crippen molar-refractivity contribution in [3.05, 3.63) is 72.3 Å². The Bertz CT molecular complexity index is 835. The van der Waals surface area contributed by atoms with E-state index in [-0.39, 0.29) is 6.03 Å². The van der Waals surface area contributed by atoms with Gasteiger partial charge >= 0.3 is 6.03 Å². The fraction of sp³-hybridized carbons (Fsp3) is 0.190. The maximum atomic E-state index is 12.3. The van der Waals surface area contributed by atoms with Crippen molar-refractivity contribution in [3.8, 4) is 0 Å². The van der Waals surface area contributed by atoms with Crippen LogP contribution in [0.1, 0.15) is 31.7 Å². The molecule has 3 aromatic carbocycles. The van der Waals surface area contributed by atoms with Gasteiger partial charge in [0.25, 0.3) is 0 Å². The van der Waals surface area contributed by atoms with E-state index in [2.05, 4.69) is 36.6 Å². The predicted octanol–water partition coefficient (Wildman–Crippen LogP) is 6.00. The van der Waals surface area contributed by atoms with Crippen LogP contribution in [0, 0.1) is 0 Å². The highest BCUT2D eigenvalue weighted by Gasteiger charge is 2.07. The van der Waals surface area contributed by atoms with E-state index in [4.69, 9.17) is 0 Å². The summed E-state index contributed by atoms with van der Waals surface area (Å²) in [5, 5.41) is 7.96. The van der Waals surface area contributed by atoms with Gasteiger partial charge in [-0.2, -0.15) is 0 Å². The minimum Gasteiger partial charge on any atom is -0.308 e. The predicted molar refractivity (Wildman–Crippen MR) is 102 cm³/mol. The first kappa shape index (κ1) is 16.1. The first-order chi connectivity index (χ1) is 11.7. The minimum absolute atomic E-state index is 0.234. The second-order valence-electron chi connectivity index (χ2n) is 6.04. The van der Waals surface area contributed by atoms with Gasteiger partial charge in [0.05, 0.1) is 5.69 Å². The molecule has 3 rings (SSSR count). The maximum absolute atomic E-state index is 12.3. The Kier molecular flexibility index (Phi) is 4.80. The molecule has 1 unspecified atom stereocenters. The van der Waals surface area contributed by atoms with Gasteiger partial charge in [-0.1, -0.05) is 62.4 Å². The molecule has 0 aliphatic carbocycles. The molecule has 0 aromatic heterocycles. The Morgan fingerprint density at radius 2 is 1.62 bits per heavy atom. The molecule has 1 atom stereocenters. The Morgan fingerprint density at radius 1 is 0.917 bits per heavy atom. The number of benzene rings is 3. The van der Waals surface area contributed by atoms with Gasteiger partial charge in [0.1, 0.15) is 0 Å². The van der Waals surface area contributed by atoms with Gasteiger partial charge in [-0.15, -0.1) is 0 Å². The second kappa shape index (κ2) is 7.18. The lowest BCUT2D eigenvalue weighted by Crippen LogP contribution is -2.19. The van der Waals surface area contributed by atoms with Crippen LogP contribution in [0.3, 0.4) is 0 Å². The number of anilines is 2. The molecular weight excluding hydrogens is 296 g/mol. The standard InChI is InChI=1S/C21H22N2O/c1-3-15(2)16-11-13-18(14-12-16)22-21(24)23-20-10-6-8-17-7-4-5-9-19(17)20/h4-15H,3H2,1-2H3,(H2,22,23,24). The molecule has 0 heterocycles. The normalized spacial score (nSPS) is 11.9. The monoisotopic (exact) mass is 318 g/mol. The van der Waals surface area contributed by atoms with E-state index in [0.717, 1.165) is 28.6 Å². The summed E-state index contributed by atoms with van der Waals surface area (Å²) in [5.74, 6) is 0.531. The Labute approximate surface area is 142 Å². The number of hydrogen-bond acceptors (Lipinski definition) is 1. The van der Waals surface area contributed by atoms with Gasteiger partial charge < -0.3 is 10.6 Å². The Hall–Kier alpha value is -2.81. The molecule has 122 valence electrons.